The molecule has 1 aliphatic heterocycles. The maximum absolute atomic E-state index is 11.6. The van der Waals surface area contributed by atoms with E-state index in [1.54, 1.807) is 0 Å². The summed E-state index contributed by atoms with van der Waals surface area (Å²) in [6.07, 6.45) is 5.81. The van der Waals surface area contributed by atoms with E-state index in [0.717, 1.165) is 54.1 Å². The number of nitrogens with zero attached hydrogens (tertiary/aromatic N) is 4. The van der Waals surface area contributed by atoms with Crippen LogP contribution in [0.4, 0.5) is 0 Å². The van der Waals surface area contributed by atoms with Crippen LogP contribution in [-0.4, -0.2) is 37.8 Å². The number of hydrogen-bond acceptors (Lipinski definition) is 5. The lowest BCUT2D eigenvalue weighted by Crippen LogP contribution is -2.42. The Hall–Kier alpha value is -3.01. The summed E-state index contributed by atoms with van der Waals surface area (Å²) in [5.74, 6) is 2.63. The smallest absolute Gasteiger partial charge is 0.181 e. The molecule has 35 heavy (non-hydrogen) atoms. The number of nitrogens with one attached hydrogen (secondary N) is 1. The van der Waals surface area contributed by atoms with Crippen molar-refractivity contribution in [2.24, 2.45) is 0 Å². The highest BCUT2D eigenvalue weighted by Gasteiger charge is 2.33. The predicted octanol–water partition coefficient (Wildman–Crippen LogP) is 5.74. The Morgan fingerprint density at radius 2 is 1.94 bits per heavy atom. The quantitative estimate of drug-likeness (QED) is 0.480. The molecule has 2 aromatic carbocycles. The van der Waals surface area contributed by atoms with Crippen LogP contribution in [0, 0.1) is 18.3 Å². The van der Waals surface area contributed by atoms with Crippen LogP contribution in [0.5, 0.6) is 0 Å². The number of likely N-dealkylation sites (tertiary alicyclic amines) is 1. The average molecular weight is 470 g/mol. The normalized spacial score (nSPS) is 21.9. The molecule has 0 spiro atoms. The first-order chi connectivity index (χ1) is 17.0. The van der Waals surface area contributed by atoms with Crippen LogP contribution in [0.1, 0.15) is 97.7 Å². The van der Waals surface area contributed by atoms with Crippen molar-refractivity contribution in [3.63, 3.8) is 0 Å². The molecule has 3 unspecified atom stereocenters. The maximum Gasteiger partial charge on any atom is 0.181 e. The van der Waals surface area contributed by atoms with Gasteiger partial charge in [0.25, 0.3) is 0 Å². The van der Waals surface area contributed by atoms with Crippen molar-refractivity contribution in [1.29, 1.82) is 5.26 Å². The fraction of sp³-hybridized carbons (Fsp3) is 0.483. The Balaban J connectivity index is 1.40. The minimum atomic E-state index is -0.661. The van der Waals surface area contributed by atoms with E-state index < -0.39 is 6.23 Å². The van der Waals surface area contributed by atoms with E-state index in [9.17, 15) is 5.11 Å². The number of aliphatic hydroxyl groups is 1. The van der Waals surface area contributed by atoms with Crippen LogP contribution in [0.25, 0.3) is 11.4 Å². The number of rotatable bonds is 6. The van der Waals surface area contributed by atoms with E-state index in [1.807, 2.05) is 12.1 Å². The maximum atomic E-state index is 11.6. The summed E-state index contributed by atoms with van der Waals surface area (Å²) in [5, 5.41) is 28.3. The Labute approximate surface area is 208 Å². The fourth-order valence-electron chi connectivity index (χ4n) is 5.71. The van der Waals surface area contributed by atoms with Crippen LogP contribution < -0.4 is 0 Å². The first-order valence-electron chi connectivity index (χ1n) is 13.0. The third-order valence-electron chi connectivity index (χ3n) is 8.12. The molecule has 2 N–H and O–H groups in total. The standard InChI is InChI=1S/C29H35N5O/c1-4-27-31-28(33-32-27)26-16-24(18(2)14-25(26)22-6-5-7-22)29(35)34-13-12-23(15-19(34)3)21-10-8-20(17-30)9-11-21/h8-11,14,16,19,22-23,29,35H,4-7,12-13,15H2,1-3H3,(H,31,32,33). The number of H-pyrrole nitrogens is 1. The second-order valence-electron chi connectivity index (χ2n) is 10.3. The number of aromatic amines is 1. The third-order valence-corrected chi connectivity index (χ3v) is 8.12. The predicted molar refractivity (Wildman–Crippen MR) is 137 cm³/mol. The molecular formula is C29H35N5O. The van der Waals surface area contributed by atoms with Crippen molar-refractivity contribution in [2.45, 2.75) is 83.4 Å². The molecule has 1 saturated carbocycles. The average Bonchev–Trinajstić information content (AvgIpc) is 3.32. The zero-order valence-electron chi connectivity index (χ0n) is 21.0. The molecule has 3 atom stereocenters. The van der Waals surface area contributed by atoms with Crippen molar-refractivity contribution >= 4 is 0 Å². The van der Waals surface area contributed by atoms with Gasteiger partial charge in [-0.05, 0) is 91.8 Å². The Morgan fingerprint density at radius 1 is 1.17 bits per heavy atom. The summed E-state index contributed by atoms with van der Waals surface area (Å²) in [6.45, 7) is 7.23. The molecule has 2 heterocycles. The molecule has 1 saturated heterocycles. The second-order valence-corrected chi connectivity index (χ2v) is 10.3. The lowest BCUT2D eigenvalue weighted by Gasteiger charge is -2.41. The molecule has 6 nitrogen and oxygen atoms in total. The lowest BCUT2D eigenvalue weighted by molar-refractivity contribution is -0.0420. The minimum Gasteiger partial charge on any atom is -0.374 e. The molecule has 1 aromatic heterocycles. The summed E-state index contributed by atoms with van der Waals surface area (Å²) in [5.41, 5.74) is 6.45. The molecular weight excluding hydrogens is 434 g/mol. The van der Waals surface area contributed by atoms with E-state index >= 15 is 0 Å². The van der Waals surface area contributed by atoms with Gasteiger partial charge in [-0.25, -0.2) is 4.98 Å². The van der Waals surface area contributed by atoms with E-state index in [2.05, 4.69) is 66.2 Å². The van der Waals surface area contributed by atoms with Crippen molar-refractivity contribution < 1.29 is 5.11 Å². The van der Waals surface area contributed by atoms with Gasteiger partial charge < -0.3 is 5.11 Å². The van der Waals surface area contributed by atoms with Crippen LogP contribution in [0.2, 0.25) is 0 Å². The summed E-state index contributed by atoms with van der Waals surface area (Å²) in [4.78, 5) is 6.96. The summed E-state index contributed by atoms with van der Waals surface area (Å²) in [6, 6.07) is 14.8. The van der Waals surface area contributed by atoms with Crippen molar-refractivity contribution in [2.75, 3.05) is 6.54 Å². The molecule has 5 rings (SSSR count). The molecule has 182 valence electrons. The number of aryl methyl sites for hydroxylation is 2. The van der Waals surface area contributed by atoms with E-state index in [0.29, 0.717) is 17.4 Å². The highest BCUT2D eigenvalue weighted by molar-refractivity contribution is 5.64. The zero-order valence-corrected chi connectivity index (χ0v) is 21.0. The first kappa shape index (κ1) is 23.7. The van der Waals surface area contributed by atoms with Gasteiger partial charge in [-0.3, -0.25) is 10.00 Å². The van der Waals surface area contributed by atoms with Gasteiger partial charge in [0.2, 0.25) is 0 Å². The number of aliphatic hydroxyl groups excluding tert-OH is 1. The summed E-state index contributed by atoms with van der Waals surface area (Å²) < 4.78 is 0. The van der Waals surface area contributed by atoms with E-state index in [1.165, 1.54) is 30.4 Å². The molecule has 2 fully saturated rings. The highest BCUT2D eigenvalue weighted by atomic mass is 16.3. The van der Waals surface area contributed by atoms with Crippen molar-refractivity contribution in [1.82, 2.24) is 20.1 Å². The SMILES string of the molecule is CCc1nc(-c2cc(C(O)N3CCC(c4ccc(C#N)cc4)CC3C)c(C)cc2C2CCC2)n[nH]1. The Bertz CT molecular complexity index is 1220. The van der Waals surface area contributed by atoms with Crippen LogP contribution >= 0.6 is 0 Å². The van der Waals surface area contributed by atoms with Gasteiger partial charge in [0.05, 0.1) is 11.6 Å². The van der Waals surface area contributed by atoms with E-state index in [4.69, 9.17) is 10.2 Å². The number of hydrogen-bond donors (Lipinski definition) is 2. The monoisotopic (exact) mass is 469 g/mol. The van der Waals surface area contributed by atoms with Gasteiger partial charge in [-0.1, -0.05) is 31.5 Å². The van der Waals surface area contributed by atoms with Gasteiger partial charge in [0.15, 0.2) is 5.82 Å². The highest BCUT2D eigenvalue weighted by Crippen LogP contribution is 2.43. The van der Waals surface area contributed by atoms with Crippen LogP contribution in [0.3, 0.4) is 0 Å². The van der Waals surface area contributed by atoms with E-state index in [-0.39, 0.29) is 6.04 Å². The molecule has 0 radical (unpaired) electrons. The summed E-state index contributed by atoms with van der Waals surface area (Å²) >= 11 is 0. The van der Waals surface area contributed by atoms with Crippen molar-refractivity contribution in [3.05, 3.63) is 70.0 Å². The van der Waals surface area contributed by atoms with Crippen molar-refractivity contribution in [3.8, 4) is 17.5 Å². The topological polar surface area (TPSA) is 88.8 Å². The number of nitriles is 1. The number of benzene rings is 2. The molecule has 1 aliphatic carbocycles. The van der Waals surface area contributed by atoms with Gasteiger partial charge >= 0.3 is 0 Å². The first-order valence-corrected chi connectivity index (χ1v) is 13.0. The summed E-state index contributed by atoms with van der Waals surface area (Å²) in [7, 11) is 0. The molecule has 2 aliphatic rings. The number of aromatic nitrogens is 3. The van der Waals surface area contributed by atoms with Gasteiger partial charge in [0.1, 0.15) is 12.1 Å². The van der Waals surface area contributed by atoms with Gasteiger partial charge in [-0.15, -0.1) is 0 Å². The lowest BCUT2D eigenvalue weighted by atomic mass is 9.77. The molecule has 0 amide bonds. The van der Waals surface area contributed by atoms with Crippen LogP contribution in [0.15, 0.2) is 36.4 Å². The largest absolute Gasteiger partial charge is 0.374 e. The Kier molecular flexibility index (Phi) is 6.73. The Morgan fingerprint density at radius 3 is 2.54 bits per heavy atom. The van der Waals surface area contributed by atoms with Gasteiger partial charge in [0, 0.05) is 24.6 Å². The number of piperidine rings is 1. The zero-order chi connectivity index (χ0) is 24.5. The minimum absolute atomic E-state index is 0.240. The molecule has 0 bridgehead atoms. The van der Waals surface area contributed by atoms with Gasteiger partial charge in [-0.2, -0.15) is 10.4 Å². The fourth-order valence-corrected chi connectivity index (χ4v) is 5.71. The van der Waals surface area contributed by atoms with Crippen LogP contribution in [-0.2, 0) is 6.42 Å². The second kappa shape index (κ2) is 9.93. The molecule has 3 aromatic rings. The molecule has 6 heteroatoms. The third kappa shape index (κ3) is 4.63.